The molecule has 0 spiro atoms. The van der Waals surface area contributed by atoms with Gasteiger partial charge in [-0.2, -0.15) is 0 Å². The Kier molecular flexibility index (Phi) is 4.60. The quantitative estimate of drug-likeness (QED) is 0.887. The van der Waals surface area contributed by atoms with E-state index in [9.17, 15) is 0 Å². The highest BCUT2D eigenvalue weighted by atomic mass is 35.5. The molecule has 2 unspecified atom stereocenters. The largest absolute Gasteiger partial charge is 0.316 e. The van der Waals surface area contributed by atoms with Crippen LogP contribution in [0.5, 0.6) is 0 Å². The molecule has 2 aliphatic heterocycles. The van der Waals surface area contributed by atoms with Gasteiger partial charge >= 0.3 is 0 Å². The molecular weight excluding hydrogens is 246 g/mol. The first-order chi connectivity index (χ1) is 8.33. The lowest BCUT2D eigenvalue weighted by atomic mass is 9.88. The second kappa shape index (κ2) is 6.00. The first-order valence-electron chi connectivity index (χ1n) is 6.66. The highest BCUT2D eigenvalue weighted by Crippen LogP contribution is 2.27. The van der Waals surface area contributed by atoms with Crippen LogP contribution in [0.15, 0.2) is 18.3 Å². The van der Waals surface area contributed by atoms with Crippen molar-refractivity contribution in [2.45, 2.75) is 19.9 Å². The predicted molar refractivity (Wildman–Crippen MR) is 76.0 cm³/mol. The number of piperidine rings is 1. The van der Waals surface area contributed by atoms with E-state index in [1.54, 1.807) is 0 Å². The summed E-state index contributed by atoms with van der Waals surface area (Å²) in [6.07, 6.45) is 3.26. The molecule has 1 aromatic rings. The molecule has 2 aliphatic rings. The minimum absolute atomic E-state index is 0. The first kappa shape index (κ1) is 13.8. The van der Waals surface area contributed by atoms with Gasteiger partial charge in [0.1, 0.15) is 0 Å². The van der Waals surface area contributed by atoms with Crippen LogP contribution in [0.25, 0.3) is 0 Å². The van der Waals surface area contributed by atoms with Crippen molar-refractivity contribution in [1.29, 1.82) is 0 Å². The Morgan fingerprint density at radius 2 is 2.22 bits per heavy atom. The summed E-state index contributed by atoms with van der Waals surface area (Å²) in [5, 5.41) is 3.52. The normalized spacial score (nSPS) is 27.6. The van der Waals surface area contributed by atoms with Crippen molar-refractivity contribution in [3.05, 3.63) is 29.6 Å². The predicted octanol–water partition coefficient (Wildman–Crippen LogP) is 1.85. The number of hydrogen-bond donors (Lipinski definition) is 1. The molecule has 3 rings (SSSR count). The fourth-order valence-electron chi connectivity index (χ4n) is 3.15. The van der Waals surface area contributed by atoms with Crippen molar-refractivity contribution < 1.29 is 0 Å². The third-order valence-electron chi connectivity index (χ3n) is 4.28. The number of halogens is 1. The van der Waals surface area contributed by atoms with Crippen LogP contribution in [0.2, 0.25) is 0 Å². The lowest BCUT2D eigenvalue weighted by molar-refractivity contribution is 0.140. The summed E-state index contributed by atoms with van der Waals surface area (Å²) in [6, 6.07) is 4.18. The number of pyridine rings is 1. The summed E-state index contributed by atoms with van der Waals surface area (Å²) in [4.78, 5) is 7.07. The van der Waals surface area contributed by atoms with Gasteiger partial charge in [0.15, 0.2) is 0 Å². The van der Waals surface area contributed by atoms with Gasteiger partial charge in [0, 0.05) is 19.3 Å². The highest BCUT2D eigenvalue weighted by Gasteiger charge is 2.32. The van der Waals surface area contributed by atoms with Crippen LogP contribution in [0.3, 0.4) is 0 Å². The molecule has 4 heteroatoms. The van der Waals surface area contributed by atoms with E-state index < -0.39 is 0 Å². The number of nitrogens with zero attached hydrogens (tertiary/aromatic N) is 2. The number of hydrogen-bond acceptors (Lipinski definition) is 3. The number of aryl methyl sites for hydroxylation is 1. The SMILES string of the molecule is Cc1cccnc1CN1CCC2CNCC2C1.Cl. The summed E-state index contributed by atoms with van der Waals surface area (Å²) in [5.41, 5.74) is 2.57. The topological polar surface area (TPSA) is 28.2 Å². The fourth-order valence-corrected chi connectivity index (χ4v) is 3.15. The Labute approximate surface area is 115 Å². The van der Waals surface area contributed by atoms with Crippen molar-refractivity contribution in [1.82, 2.24) is 15.2 Å². The Morgan fingerprint density at radius 3 is 3.06 bits per heavy atom. The molecular formula is C14H22ClN3. The minimum Gasteiger partial charge on any atom is -0.316 e. The van der Waals surface area contributed by atoms with Gasteiger partial charge in [-0.05, 0) is 56.4 Å². The molecule has 0 amide bonds. The third-order valence-corrected chi connectivity index (χ3v) is 4.28. The average molecular weight is 268 g/mol. The van der Waals surface area contributed by atoms with Gasteiger partial charge in [-0.25, -0.2) is 0 Å². The molecule has 3 heterocycles. The van der Waals surface area contributed by atoms with Crippen LogP contribution < -0.4 is 5.32 Å². The van der Waals surface area contributed by atoms with Crippen LogP contribution in [0.4, 0.5) is 0 Å². The zero-order chi connectivity index (χ0) is 11.7. The van der Waals surface area contributed by atoms with Gasteiger partial charge in [0.2, 0.25) is 0 Å². The molecule has 100 valence electrons. The summed E-state index contributed by atoms with van der Waals surface area (Å²) in [7, 11) is 0. The minimum atomic E-state index is 0. The van der Waals surface area contributed by atoms with E-state index in [0.29, 0.717) is 0 Å². The van der Waals surface area contributed by atoms with Crippen LogP contribution in [0.1, 0.15) is 17.7 Å². The Bertz CT molecular complexity index is 396. The zero-order valence-electron chi connectivity index (χ0n) is 10.9. The second-order valence-corrected chi connectivity index (χ2v) is 5.47. The fraction of sp³-hybridized carbons (Fsp3) is 0.643. The molecule has 2 atom stereocenters. The van der Waals surface area contributed by atoms with Gasteiger partial charge in [0.05, 0.1) is 5.69 Å². The van der Waals surface area contributed by atoms with E-state index in [1.807, 2.05) is 12.3 Å². The monoisotopic (exact) mass is 267 g/mol. The second-order valence-electron chi connectivity index (χ2n) is 5.47. The van der Waals surface area contributed by atoms with Gasteiger partial charge in [0.25, 0.3) is 0 Å². The maximum absolute atomic E-state index is 4.50. The van der Waals surface area contributed by atoms with Gasteiger partial charge in [-0.15, -0.1) is 12.4 Å². The molecule has 0 bridgehead atoms. The number of likely N-dealkylation sites (tertiary alicyclic amines) is 1. The molecule has 18 heavy (non-hydrogen) atoms. The Balaban J connectivity index is 0.00000120. The standard InChI is InChI=1S/C14H21N3.ClH/c1-11-3-2-5-16-14(11)10-17-6-4-12-7-15-8-13(12)9-17;/h2-3,5,12-13,15H,4,6-10H2,1H3;1H. The van der Waals surface area contributed by atoms with Gasteiger partial charge < -0.3 is 5.32 Å². The highest BCUT2D eigenvalue weighted by molar-refractivity contribution is 5.85. The molecule has 0 radical (unpaired) electrons. The van der Waals surface area contributed by atoms with E-state index in [-0.39, 0.29) is 12.4 Å². The summed E-state index contributed by atoms with van der Waals surface area (Å²) >= 11 is 0. The zero-order valence-corrected chi connectivity index (χ0v) is 11.7. The van der Waals surface area contributed by atoms with Crippen molar-refractivity contribution in [3.63, 3.8) is 0 Å². The van der Waals surface area contributed by atoms with Gasteiger partial charge in [-0.1, -0.05) is 6.07 Å². The molecule has 1 aromatic heterocycles. The maximum Gasteiger partial charge on any atom is 0.0573 e. The van der Waals surface area contributed by atoms with E-state index in [4.69, 9.17) is 0 Å². The van der Waals surface area contributed by atoms with Crippen molar-refractivity contribution >= 4 is 12.4 Å². The Hall–Kier alpha value is -0.640. The third kappa shape index (κ3) is 2.85. The number of aromatic nitrogens is 1. The maximum atomic E-state index is 4.50. The van der Waals surface area contributed by atoms with E-state index in [0.717, 1.165) is 18.4 Å². The van der Waals surface area contributed by atoms with E-state index in [1.165, 1.54) is 43.9 Å². The lowest BCUT2D eigenvalue weighted by Crippen LogP contribution is -2.39. The molecule has 2 fully saturated rings. The summed E-state index contributed by atoms with van der Waals surface area (Å²) < 4.78 is 0. The summed E-state index contributed by atoms with van der Waals surface area (Å²) in [5.74, 6) is 1.80. The van der Waals surface area contributed by atoms with Crippen molar-refractivity contribution in [2.75, 3.05) is 26.2 Å². The van der Waals surface area contributed by atoms with Gasteiger partial charge in [-0.3, -0.25) is 9.88 Å². The number of nitrogens with one attached hydrogen (secondary N) is 1. The molecule has 1 N–H and O–H groups in total. The molecule has 3 nitrogen and oxygen atoms in total. The number of rotatable bonds is 2. The van der Waals surface area contributed by atoms with Crippen molar-refractivity contribution in [2.24, 2.45) is 11.8 Å². The number of fused-ring (bicyclic) bond motifs is 1. The van der Waals surface area contributed by atoms with Crippen LogP contribution >= 0.6 is 12.4 Å². The summed E-state index contributed by atoms with van der Waals surface area (Å²) in [6.45, 7) is 8.11. The smallest absolute Gasteiger partial charge is 0.0573 e. The first-order valence-corrected chi connectivity index (χ1v) is 6.66. The van der Waals surface area contributed by atoms with E-state index >= 15 is 0 Å². The molecule has 0 aromatic carbocycles. The molecule has 0 aliphatic carbocycles. The van der Waals surface area contributed by atoms with Crippen LogP contribution in [0, 0.1) is 18.8 Å². The molecule has 0 saturated carbocycles. The molecule has 2 saturated heterocycles. The van der Waals surface area contributed by atoms with E-state index in [2.05, 4.69) is 28.2 Å². The van der Waals surface area contributed by atoms with Crippen LogP contribution in [-0.2, 0) is 6.54 Å². The lowest BCUT2D eigenvalue weighted by Gasteiger charge is -2.34. The van der Waals surface area contributed by atoms with Crippen LogP contribution in [-0.4, -0.2) is 36.1 Å². The average Bonchev–Trinajstić information content (AvgIpc) is 2.79. The van der Waals surface area contributed by atoms with Crippen molar-refractivity contribution in [3.8, 4) is 0 Å². The Morgan fingerprint density at radius 1 is 1.39 bits per heavy atom.